The summed E-state index contributed by atoms with van der Waals surface area (Å²) in [6, 6.07) is 9.34. The molecule has 0 saturated carbocycles. The highest BCUT2D eigenvalue weighted by molar-refractivity contribution is 9.10. The first-order chi connectivity index (χ1) is 8.13. The highest BCUT2D eigenvalue weighted by Crippen LogP contribution is 2.25. The van der Waals surface area contributed by atoms with Gasteiger partial charge in [0.15, 0.2) is 0 Å². The van der Waals surface area contributed by atoms with Crippen molar-refractivity contribution < 1.29 is 0 Å². The van der Waals surface area contributed by atoms with Crippen LogP contribution in [0.15, 0.2) is 28.7 Å². The van der Waals surface area contributed by atoms with Gasteiger partial charge in [0.1, 0.15) is 0 Å². The molecular formula is C14H23BrN2. The summed E-state index contributed by atoms with van der Waals surface area (Å²) in [6.07, 6.45) is 2.33. The van der Waals surface area contributed by atoms with E-state index in [1.807, 2.05) is 6.07 Å². The normalized spacial score (nSPS) is 13.4. The van der Waals surface area contributed by atoms with Crippen molar-refractivity contribution in [2.45, 2.75) is 38.8 Å². The minimum Gasteiger partial charge on any atom is -0.329 e. The predicted molar refractivity (Wildman–Crippen MR) is 78.1 cm³/mol. The fourth-order valence-electron chi connectivity index (χ4n) is 2.37. The molecule has 0 spiro atoms. The largest absolute Gasteiger partial charge is 0.329 e. The third-order valence-electron chi connectivity index (χ3n) is 3.47. The van der Waals surface area contributed by atoms with Crippen molar-refractivity contribution in [1.82, 2.24) is 4.90 Å². The third kappa shape index (κ3) is 3.80. The van der Waals surface area contributed by atoms with E-state index in [-0.39, 0.29) is 0 Å². The summed E-state index contributed by atoms with van der Waals surface area (Å²) in [5.74, 6) is 0. The Labute approximate surface area is 113 Å². The van der Waals surface area contributed by atoms with Crippen molar-refractivity contribution >= 4 is 15.9 Å². The lowest BCUT2D eigenvalue weighted by Crippen LogP contribution is -2.38. The van der Waals surface area contributed by atoms with Crippen molar-refractivity contribution in [3.05, 3.63) is 34.3 Å². The van der Waals surface area contributed by atoms with Gasteiger partial charge < -0.3 is 5.73 Å². The van der Waals surface area contributed by atoms with Crippen molar-refractivity contribution in [3.63, 3.8) is 0 Å². The summed E-state index contributed by atoms with van der Waals surface area (Å²) in [5.41, 5.74) is 7.23. The van der Waals surface area contributed by atoms with E-state index >= 15 is 0 Å². The minimum absolute atomic E-state index is 0.303. The number of rotatable bonds is 6. The van der Waals surface area contributed by atoms with Crippen molar-refractivity contribution in [3.8, 4) is 0 Å². The van der Waals surface area contributed by atoms with Crippen LogP contribution in [0.25, 0.3) is 0 Å². The Kier molecular flexibility index (Phi) is 6.17. The molecule has 1 aromatic rings. The zero-order valence-corrected chi connectivity index (χ0v) is 12.6. The Bertz CT molecular complexity index is 337. The molecule has 0 aliphatic rings. The van der Waals surface area contributed by atoms with Crippen molar-refractivity contribution in [2.24, 2.45) is 5.73 Å². The number of hydrogen-bond donors (Lipinski definition) is 1. The van der Waals surface area contributed by atoms with Crippen LogP contribution in [0, 0.1) is 0 Å². The van der Waals surface area contributed by atoms with Gasteiger partial charge in [0.25, 0.3) is 0 Å². The number of hydrogen-bond acceptors (Lipinski definition) is 2. The average Bonchev–Trinajstić information content (AvgIpc) is 2.31. The van der Waals surface area contributed by atoms with Crippen LogP contribution in [-0.2, 0) is 0 Å². The maximum absolute atomic E-state index is 5.95. The highest BCUT2D eigenvalue weighted by atomic mass is 79.9. The maximum atomic E-state index is 5.95. The van der Waals surface area contributed by atoms with Crippen LogP contribution < -0.4 is 5.73 Å². The summed E-state index contributed by atoms with van der Waals surface area (Å²) in [5, 5.41) is 0. The minimum atomic E-state index is 0.303. The van der Waals surface area contributed by atoms with Crippen LogP contribution in [0.5, 0.6) is 0 Å². The summed E-state index contributed by atoms with van der Waals surface area (Å²) in [6.45, 7) is 5.13. The fraction of sp³-hybridized carbons (Fsp3) is 0.571. The molecule has 0 bridgehead atoms. The molecule has 0 aromatic heterocycles. The van der Waals surface area contributed by atoms with Crippen LogP contribution >= 0.6 is 15.9 Å². The van der Waals surface area contributed by atoms with Gasteiger partial charge >= 0.3 is 0 Å². The number of halogens is 1. The van der Waals surface area contributed by atoms with E-state index in [1.54, 1.807) is 0 Å². The van der Waals surface area contributed by atoms with Gasteiger partial charge in [-0.15, -0.1) is 0 Å². The lowest BCUT2D eigenvalue weighted by atomic mass is 10.0. The van der Waals surface area contributed by atoms with E-state index in [1.165, 1.54) is 5.56 Å². The molecule has 0 heterocycles. The van der Waals surface area contributed by atoms with Gasteiger partial charge in [-0.25, -0.2) is 0 Å². The maximum Gasteiger partial charge on any atom is 0.0470 e. The Morgan fingerprint density at radius 3 is 2.41 bits per heavy atom. The summed E-state index contributed by atoms with van der Waals surface area (Å²) in [7, 11) is 2.18. The van der Waals surface area contributed by atoms with Gasteiger partial charge in [-0.3, -0.25) is 4.90 Å². The Hall–Kier alpha value is -0.380. The Balaban J connectivity index is 2.90. The second-order valence-corrected chi connectivity index (χ2v) is 5.36. The molecular weight excluding hydrogens is 276 g/mol. The van der Waals surface area contributed by atoms with Gasteiger partial charge in [-0.2, -0.15) is 0 Å². The average molecular weight is 299 g/mol. The molecule has 0 radical (unpaired) electrons. The quantitative estimate of drug-likeness (QED) is 0.870. The molecule has 96 valence electrons. The molecule has 2 N–H and O–H groups in total. The van der Waals surface area contributed by atoms with Crippen LogP contribution in [0.1, 0.15) is 38.3 Å². The number of benzene rings is 1. The Morgan fingerprint density at radius 1 is 1.29 bits per heavy atom. The van der Waals surface area contributed by atoms with Gasteiger partial charge in [-0.1, -0.05) is 41.9 Å². The molecule has 1 aromatic carbocycles. The van der Waals surface area contributed by atoms with E-state index < -0.39 is 0 Å². The fourth-order valence-corrected chi connectivity index (χ4v) is 2.79. The first-order valence-corrected chi connectivity index (χ1v) is 7.10. The first kappa shape index (κ1) is 14.7. The molecule has 17 heavy (non-hydrogen) atoms. The van der Waals surface area contributed by atoms with Gasteiger partial charge in [0.05, 0.1) is 0 Å². The molecule has 0 aliphatic heterocycles. The highest BCUT2D eigenvalue weighted by Gasteiger charge is 2.20. The van der Waals surface area contributed by atoms with Crippen LogP contribution in [0.4, 0.5) is 0 Å². The topological polar surface area (TPSA) is 29.3 Å². The van der Waals surface area contributed by atoms with Crippen LogP contribution in [0.3, 0.4) is 0 Å². The molecule has 1 atom stereocenters. The SMILES string of the molecule is CCC(CC)N(C)C(CN)c1cccc(Br)c1. The summed E-state index contributed by atoms with van der Waals surface area (Å²) in [4.78, 5) is 2.40. The van der Waals surface area contributed by atoms with E-state index in [0.717, 1.165) is 17.3 Å². The molecule has 0 amide bonds. The van der Waals surface area contributed by atoms with E-state index in [9.17, 15) is 0 Å². The molecule has 0 saturated heterocycles. The molecule has 3 heteroatoms. The van der Waals surface area contributed by atoms with Gasteiger partial charge in [0, 0.05) is 23.1 Å². The van der Waals surface area contributed by atoms with Gasteiger partial charge in [0.2, 0.25) is 0 Å². The lowest BCUT2D eigenvalue weighted by Gasteiger charge is -2.34. The Morgan fingerprint density at radius 2 is 1.94 bits per heavy atom. The third-order valence-corrected chi connectivity index (χ3v) is 3.96. The van der Waals surface area contributed by atoms with E-state index in [0.29, 0.717) is 18.6 Å². The molecule has 2 nitrogen and oxygen atoms in total. The molecule has 0 aliphatic carbocycles. The lowest BCUT2D eigenvalue weighted by molar-refractivity contribution is 0.167. The zero-order valence-electron chi connectivity index (χ0n) is 11.0. The van der Waals surface area contributed by atoms with Crippen molar-refractivity contribution in [1.29, 1.82) is 0 Å². The van der Waals surface area contributed by atoms with E-state index in [4.69, 9.17) is 5.73 Å². The number of likely N-dealkylation sites (N-methyl/N-ethyl adjacent to an activating group) is 1. The summed E-state index contributed by atoms with van der Waals surface area (Å²) < 4.78 is 1.12. The summed E-state index contributed by atoms with van der Waals surface area (Å²) >= 11 is 3.52. The first-order valence-electron chi connectivity index (χ1n) is 6.31. The van der Waals surface area contributed by atoms with Crippen molar-refractivity contribution in [2.75, 3.05) is 13.6 Å². The number of nitrogens with two attached hydrogens (primary N) is 1. The number of nitrogens with zero attached hydrogens (tertiary/aromatic N) is 1. The smallest absolute Gasteiger partial charge is 0.0470 e. The van der Waals surface area contributed by atoms with Crippen LogP contribution in [0.2, 0.25) is 0 Å². The molecule has 1 unspecified atom stereocenters. The second-order valence-electron chi connectivity index (χ2n) is 4.44. The molecule has 0 fully saturated rings. The molecule has 1 rings (SSSR count). The van der Waals surface area contributed by atoms with Gasteiger partial charge in [-0.05, 0) is 37.6 Å². The standard InChI is InChI=1S/C14H23BrN2/c1-4-13(5-2)17(3)14(10-16)11-7-6-8-12(15)9-11/h6-9,13-14H,4-5,10,16H2,1-3H3. The second kappa shape index (κ2) is 7.14. The van der Waals surface area contributed by atoms with Crippen LogP contribution in [-0.4, -0.2) is 24.5 Å². The zero-order chi connectivity index (χ0) is 12.8. The monoisotopic (exact) mass is 298 g/mol. The van der Waals surface area contributed by atoms with E-state index in [2.05, 4.69) is 59.9 Å². The predicted octanol–water partition coefficient (Wildman–Crippen LogP) is 3.57.